The molecule has 1 rings (SSSR count). The topological polar surface area (TPSA) is 78.1 Å². The first kappa shape index (κ1) is 17.9. The zero-order valence-electron chi connectivity index (χ0n) is 14.1. The molecular weight excluding hydrogens is 282 g/mol. The minimum absolute atomic E-state index is 0.458. The molecule has 22 heavy (non-hydrogen) atoms. The Bertz CT molecular complexity index is 476. The first-order valence-electron chi connectivity index (χ1n) is 7.34. The van der Waals surface area contributed by atoms with E-state index in [9.17, 15) is 0 Å². The van der Waals surface area contributed by atoms with Gasteiger partial charge in [-0.05, 0) is 12.3 Å². The summed E-state index contributed by atoms with van der Waals surface area (Å²) in [6, 6.07) is 3.68. The Morgan fingerprint density at radius 1 is 1.14 bits per heavy atom. The molecule has 0 unspecified atom stereocenters. The van der Waals surface area contributed by atoms with Crippen molar-refractivity contribution in [3.8, 4) is 17.2 Å². The van der Waals surface area contributed by atoms with Gasteiger partial charge in [0, 0.05) is 30.8 Å². The fraction of sp³-hybridized carbons (Fsp3) is 0.562. The lowest BCUT2D eigenvalue weighted by atomic mass is 10.1. The van der Waals surface area contributed by atoms with Crippen LogP contribution in [0.25, 0.3) is 0 Å². The minimum atomic E-state index is 0.458. The molecular formula is C16H27N3O3. The van der Waals surface area contributed by atoms with E-state index < -0.39 is 0 Å². The number of nitrogens with two attached hydrogens (primary N) is 1. The highest BCUT2D eigenvalue weighted by Crippen LogP contribution is 2.34. The lowest BCUT2D eigenvalue weighted by Crippen LogP contribution is -2.33. The lowest BCUT2D eigenvalue weighted by molar-refractivity contribution is 0.368. The summed E-state index contributed by atoms with van der Waals surface area (Å²) in [5, 5.41) is 3.10. The molecule has 0 atom stereocenters. The van der Waals surface area contributed by atoms with E-state index in [2.05, 4.69) is 24.2 Å². The van der Waals surface area contributed by atoms with E-state index in [0.717, 1.165) is 17.1 Å². The van der Waals surface area contributed by atoms with Crippen molar-refractivity contribution in [3.63, 3.8) is 0 Å². The molecule has 0 heterocycles. The number of hydrogen-bond donors (Lipinski definition) is 2. The molecule has 6 nitrogen and oxygen atoms in total. The molecule has 0 aromatic heterocycles. The summed E-state index contributed by atoms with van der Waals surface area (Å²) in [5.41, 5.74) is 6.80. The van der Waals surface area contributed by atoms with E-state index >= 15 is 0 Å². The Kier molecular flexibility index (Phi) is 7.36. The third-order valence-corrected chi connectivity index (χ3v) is 3.12. The maximum atomic E-state index is 5.83. The molecule has 0 bridgehead atoms. The number of benzene rings is 1. The second-order valence-corrected chi connectivity index (χ2v) is 5.31. The van der Waals surface area contributed by atoms with Crippen molar-refractivity contribution in [2.24, 2.45) is 16.6 Å². The Balaban J connectivity index is 2.74. The number of guanidine groups is 1. The molecule has 0 saturated heterocycles. The third kappa shape index (κ3) is 5.35. The maximum Gasteiger partial charge on any atom is 0.188 e. The average Bonchev–Trinajstić information content (AvgIpc) is 2.52. The van der Waals surface area contributed by atoms with Gasteiger partial charge in [0.1, 0.15) is 17.2 Å². The highest BCUT2D eigenvalue weighted by molar-refractivity contribution is 5.77. The van der Waals surface area contributed by atoms with Crippen LogP contribution in [0.1, 0.15) is 19.4 Å². The van der Waals surface area contributed by atoms with Crippen LogP contribution in [0, 0.1) is 5.92 Å². The van der Waals surface area contributed by atoms with Crippen LogP contribution in [0.3, 0.4) is 0 Å². The number of methoxy groups -OCH3 is 3. The predicted molar refractivity (Wildman–Crippen MR) is 89.1 cm³/mol. The molecule has 0 saturated carbocycles. The number of nitrogens with zero attached hydrogens (tertiary/aromatic N) is 1. The van der Waals surface area contributed by atoms with Crippen molar-refractivity contribution in [1.82, 2.24) is 5.32 Å². The highest BCUT2D eigenvalue weighted by atomic mass is 16.5. The zero-order chi connectivity index (χ0) is 16.5. The Labute approximate surface area is 132 Å². The largest absolute Gasteiger partial charge is 0.496 e. The summed E-state index contributed by atoms with van der Waals surface area (Å²) >= 11 is 0. The van der Waals surface area contributed by atoms with Gasteiger partial charge in [0.05, 0.1) is 21.3 Å². The van der Waals surface area contributed by atoms with Crippen LogP contribution in [0.4, 0.5) is 0 Å². The first-order valence-corrected chi connectivity index (χ1v) is 7.34. The fourth-order valence-electron chi connectivity index (χ4n) is 1.98. The number of nitrogens with one attached hydrogen (secondary N) is 1. The van der Waals surface area contributed by atoms with Gasteiger partial charge in [-0.1, -0.05) is 13.8 Å². The fourth-order valence-corrected chi connectivity index (χ4v) is 1.98. The standard InChI is InChI=1S/C16H27N3O3/c1-11(2)10-19-16(17)18-7-6-13-14(21-4)8-12(20-3)9-15(13)22-5/h8-9,11H,6-7,10H2,1-5H3,(H3,17,18,19). The number of rotatable bonds is 8. The van der Waals surface area contributed by atoms with Crippen molar-refractivity contribution >= 4 is 5.96 Å². The highest BCUT2D eigenvalue weighted by Gasteiger charge is 2.13. The molecule has 1 aromatic rings. The van der Waals surface area contributed by atoms with Gasteiger partial charge >= 0.3 is 0 Å². The molecule has 124 valence electrons. The average molecular weight is 309 g/mol. The molecule has 0 aliphatic heterocycles. The molecule has 0 fully saturated rings. The van der Waals surface area contributed by atoms with E-state index in [1.165, 1.54) is 0 Å². The number of hydrogen-bond acceptors (Lipinski definition) is 4. The van der Waals surface area contributed by atoms with Crippen molar-refractivity contribution in [2.45, 2.75) is 20.3 Å². The van der Waals surface area contributed by atoms with E-state index in [1.807, 2.05) is 12.1 Å². The second-order valence-electron chi connectivity index (χ2n) is 5.31. The summed E-state index contributed by atoms with van der Waals surface area (Å²) in [6.45, 7) is 5.56. The normalized spacial score (nSPS) is 11.5. The van der Waals surface area contributed by atoms with E-state index in [4.69, 9.17) is 19.9 Å². The van der Waals surface area contributed by atoms with Crippen molar-refractivity contribution < 1.29 is 14.2 Å². The van der Waals surface area contributed by atoms with E-state index in [0.29, 0.717) is 37.1 Å². The van der Waals surface area contributed by atoms with Crippen molar-refractivity contribution in [3.05, 3.63) is 17.7 Å². The SMILES string of the molecule is COc1cc(OC)c(CCNC(N)=NCC(C)C)c(OC)c1. The molecule has 1 aromatic carbocycles. The van der Waals surface area contributed by atoms with Crippen LogP contribution in [0.15, 0.2) is 17.1 Å². The van der Waals surface area contributed by atoms with Crippen LogP contribution < -0.4 is 25.3 Å². The third-order valence-electron chi connectivity index (χ3n) is 3.12. The maximum absolute atomic E-state index is 5.83. The van der Waals surface area contributed by atoms with Crippen LogP contribution in [-0.4, -0.2) is 40.4 Å². The van der Waals surface area contributed by atoms with Gasteiger partial charge in [-0.15, -0.1) is 0 Å². The van der Waals surface area contributed by atoms with Gasteiger partial charge < -0.3 is 25.3 Å². The number of aliphatic imine (C=N–C) groups is 1. The summed E-state index contributed by atoms with van der Waals surface area (Å²) in [6.07, 6.45) is 0.703. The van der Waals surface area contributed by atoms with Crippen LogP contribution in [0.5, 0.6) is 17.2 Å². The van der Waals surface area contributed by atoms with E-state index in [1.54, 1.807) is 21.3 Å². The summed E-state index contributed by atoms with van der Waals surface area (Å²) in [7, 11) is 4.87. The Morgan fingerprint density at radius 3 is 2.18 bits per heavy atom. The number of ether oxygens (including phenoxy) is 3. The van der Waals surface area contributed by atoms with Crippen LogP contribution >= 0.6 is 0 Å². The molecule has 6 heteroatoms. The van der Waals surface area contributed by atoms with Crippen molar-refractivity contribution in [2.75, 3.05) is 34.4 Å². The van der Waals surface area contributed by atoms with Gasteiger partial charge in [0.2, 0.25) is 0 Å². The summed E-state index contributed by atoms with van der Waals surface area (Å²) in [4.78, 5) is 4.27. The van der Waals surface area contributed by atoms with Gasteiger partial charge in [-0.3, -0.25) is 4.99 Å². The Morgan fingerprint density at radius 2 is 1.73 bits per heavy atom. The second kappa shape index (κ2) is 9.02. The summed E-state index contributed by atoms with van der Waals surface area (Å²) in [5.74, 6) is 3.11. The van der Waals surface area contributed by atoms with Gasteiger partial charge in [0.25, 0.3) is 0 Å². The smallest absolute Gasteiger partial charge is 0.188 e. The van der Waals surface area contributed by atoms with Gasteiger partial charge in [-0.2, -0.15) is 0 Å². The van der Waals surface area contributed by atoms with Crippen LogP contribution in [-0.2, 0) is 6.42 Å². The van der Waals surface area contributed by atoms with Gasteiger partial charge in [0.15, 0.2) is 5.96 Å². The monoisotopic (exact) mass is 309 g/mol. The van der Waals surface area contributed by atoms with E-state index in [-0.39, 0.29) is 0 Å². The Hall–Kier alpha value is -2.11. The first-order chi connectivity index (χ1) is 10.5. The molecule has 0 amide bonds. The predicted octanol–water partition coefficient (Wildman–Crippen LogP) is 1.82. The molecule has 0 aliphatic carbocycles. The molecule has 0 spiro atoms. The van der Waals surface area contributed by atoms with Gasteiger partial charge in [-0.25, -0.2) is 0 Å². The molecule has 3 N–H and O–H groups in total. The zero-order valence-corrected chi connectivity index (χ0v) is 14.1. The molecule has 0 radical (unpaired) electrons. The summed E-state index contributed by atoms with van der Waals surface area (Å²) < 4.78 is 16.1. The van der Waals surface area contributed by atoms with Crippen molar-refractivity contribution in [1.29, 1.82) is 0 Å². The minimum Gasteiger partial charge on any atom is -0.496 e. The lowest BCUT2D eigenvalue weighted by Gasteiger charge is -2.15. The van der Waals surface area contributed by atoms with Crippen LogP contribution in [0.2, 0.25) is 0 Å². The quantitative estimate of drug-likeness (QED) is 0.566. The molecule has 0 aliphatic rings.